The van der Waals surface area contributed by atoms with E-state index < -0.39 is 18.3 Å². The lowest BCUT2D eigenvalue weighted by molar-refractivity contribution is -0.204. The monoisotopic (exact) mass is 240 g/mol. The van der Waals surface area contributed by atoms with Crippen LogP contribution in [-0.4, -0.2) is 30.9 Å². The molecule has 92 valence electrons. The lowest BCUT2D eigenvalue weighted by Gasteiger charge is -2.32. The van der Waals surface area contributed by atoms with E-state index in [2.05, 4.69) is 20.1 Å². The van der Waals surface area contributed by atoms with Crippen molar-refractivity contribution in [3.8, 4) is 0 Å². The van der Waals surface area contributed by atoms with Gasteiger partial charge in [0.1, 0.15) is 0 Å². The van der Waals surface area contributed by atoms with Crippen molar-refractivity contribution in [1.82, 2.24) is 0 Å². The molecule has 1 aliphatic rings. The number of nitrogens with zero attached hydrogens (tertiary/aromatic N) is 6. The number of azide groups is 2. The SMILES string of the molecule is CC(=O)OC1O[C@H](CN=[N+]=[N-])CC[C@@H]1N=[N+]=[N-]. The third-order valence-electron chi connectivity index (χ3n) is 2.26. The normalized spacial score (nSPS) is 27.5. The fraction of sp³-hybridized carbons (Fsp3) is 0.875. The van der Waals surface area contributed by atoms with Crippen LogP contribution < -0.4 is 0 Å². The van der Waals surface area contributed by atoms with Crippen molar-refractivity contribution in [1.29, 1.82) is 0 Å². The highest BCUT2D eigenvalue weighted by Crippen LogP contribution is 2.23. The Morgan fingerprint density at radius 1 is 1.47 bits per heavy atom. The van der Waals surface area contributed by atoms with Crippen molar-refractivity contribution < 1.29 is 14.3 Å². The molecule has 0 radical (unpaired) electrons. The second-order valence-corrected chi connectivity index (χ2v) is 3.50. The lowest BCUT2D eigenvalue weighted by Crippen LogP contribution is -2.41. The van der Waals surface area contributed by atoms with Crippen LogP contribution in [0.25, 0.3) is 20.9 Å². The molecule has 0 saturated carbocycles. The molecule has 3 atom stereocenters. The van der Waals surface area contributed by atoms with E-state index in [0.717, 1.165) is 0 Å². The maximum absolute atomic E-state index is 10.9. The molecule has 0 N–H and O–H groups in total. The molecule has 9 heteroatoms. The highest BCUT2D eigenvalue weighted by molar-refractivity contribution is 5.66. The van der Waals surface area contributed by atoms with Gasteiger partial charge >= 0.3 is 5.97 Å². The summed E-state index contributed by atoms with van der Waals surface area (Å²) in [6, 6.07) is -0.536. The molecule has 1 aliphatic heterocycles. The first-order valence-corrected chi connectivity index (χ1v) is 5.05. The predicted octanol–water partition coefficient (Wildman–Crippen LogP) is 2.04. The topological polar surface area (TPSA) is 133 Å². The van der Waals surface area contributed by atoms with E-state index in [1.807, 2.05) is 0 Å². The van der Waals surface area contributed by atoms with E-state index in [9.17, 15) is 4.79 Å². The van der Waals surface area contributed by atoms with Crippen LogP contribution in [0.5, 0.6) is 0 Å². The van der Waals surface area contributed by atoms with Crippen molar-refractivity contribution in [2.24, 2.45) is 10.2 Å². The van der Waals surface area contributed by atoms with Crippen LogP contribution in [0.4, 0.5) is 0 Å². The molecule has 0 aromatic carbocycles. The van der Waals surface area contributed by atoms with Crippen molar-refractivity contribution in [2.45, 2.75) is 38.2 Å². The van der Waals surface area contributed by atoms with Crippen molar-refractivity contribution in [2.75, 3.05) is 6.54 Å². The molecule has 0 amide bonds. The van der Waals surface area contributed by atoms with Gasteiger partial charge in [-0.05, 0) is 23.9 Å². The number of hydrogen-bond donors (Lipinski definition) is 0. The summed E-state index contributed by atoms with van der Waals surface area (Å²) in [6.07, 6.45) is -0.120. The first kappa shape index (κ1) is 13.1. The molecule has 0 bridgehead atoms. The third-order valence-corrected chi connectivity index (χ3v) is 2.26. The van der Waals surface area contributed by atoms with Crippen LogP contribution in [0.3, 0.4) is 0 Å². The second kappa shape index (κ2) is 6.59. The van der Waals surface area contributed by atoms with Crippen LogP contribution in [0.2, 0.25) is 0 Å². The van der Waals surface area contributed by atoms with Gasteiger partial charge in [-0.25, -0.2) is 0 Å². The van der Waals surface area contributed by atoms with Gasteiger partial charge in [0.15, 0.2) is 0 Å². The summed E-state index contributed by atoms with van der Waals surface area (Å²) in [6.45, 7) is 1.41. The van der Waals surface area contributed by atoms with Crippen LogP contribution in [0.1, 0.15) is 19.8 Å². The summed E-state index contributed by atoms with van der Waals surface area (Å²) in [4.78, 5) is 16.2. The summed E-state index contributed by atoms with van der Waals surface area (Å²) in [5.41, 5.74) is 16.6. The number of hydrogen-bond acceptors (Lipinski definition) is 5. The molecule has 0 aromatic heterocycles. The predicted molar refractivity (Wildman–Crippen MR) is 56.6 cm³/mol. The van der Waals surface area contributed by atoms with Crippen molar-refractivity contribution >= 4 is 5.97 Å². The summed E-state index contributed by atoms with van der Waals surface area (Å²) in [5, 5.41) is 6.90. The maximum atomic E-state index is 10.9. The fourth-order valence-corrected chi connectivity index (χ4v) is 1.55. The van der Waals surface area contributed by atoms with Crippen LogP contribution in [-0.2, 0) is 14.3 Å². The molecule has 17 heavy (non-hydrogen) atoms. The number of esters is 1. The van der Waals surface area contributed by atoms with E-state index in [1.54, 1.807) is 0 Å². The van der Waals surface area contributed by atoms with Crippen LogP contribution >= 0.6 is 0 Å². The maximum Gasteiger partial charge on any atom is 0.304 e. The van der Waals surface area contributed by atoms with Gasteiger partial charge in [0.2, 0.25) is 6.29 Å². The van der Waals surface area contributed by atoms with Gasteiger partial charge < -0.3 is 9.47 Å². The quantitative estimate of drug-likeness (QED) is 0.322. The highest BCUT2D eigenvalue weighted by atomic mass is 16.7. The van der Waals surface area contributed by atoms with Gasteiger partial charge in [-0.1, -0.05) is 10.2 Å². The van der Waals surface area contributed by atoms with Gasteiger partial charge in [-0.3, -0.25) is 4.79 Å². The Bertz CT molecular complexity index is 373. The zero-order chi connectivity index (χ0) is 12.7. The van der Waals surface area contributed by atoms with Crippen molar-refractivity contribution in [3.05, 3.63) is 20.9 Å². The van der Waals surface area contributed by atoms with E-state index in [4.69, 9.17) is 20.5 Å². The smallest absolute Gasteiger partial charge is 0.304 e. The number of carbonyl (C=O) groups is 1. The Morgan fingerprint density at radius 3 is 2.82 bits per heavy atom. The summed E-state index contributed by atoms with van der Waals surface area (Å²) < 4.78 is 10.3. The average Bonchev–Trinajstić information content (AvgIpc) is 2.29. The van der Waals surface area contributed by atoms with Crippen LogP contribution in [0.15, 0.2) is 10.2 Å². The molecule has 1 fully saturated rings. The lowest BCUT2D eigenvalue weighted by atomic mass is 10.0. The summed E-state index contributed by atoms with van der Waals surface area (Å²) in [7, 11) is 0. The number of rotatable bonds is 4. The van der Waals surface area contributed by atoms with Gasteiger partial charge in [0.25, 0.3) is 0 Å². The van der Waals surface area contributed by atoms with Gasteiger partial charge in [0.05, 0.1) is 18.7 Å². The standard InChI is InChI=1S/C8H12N6O3/c1-5(15)16-8-7(12-14-10)3-2-6(17-8)4-11-13-9/h6-8H,2-4H2,1H3/t6-,7-,8?/m0/s1. The van der Waals surface area contributed by atoms with E-state index >= 15 is 0 Å². The molecule has 0 aromatic rings. The zero-order valence-corrected chi connectivity index (χ0v) is 9.26. The van der Waals surface area contributed by atoms with Gasteiger partial charge in [0, 0.05) is 16.7 Å². The molecular weight excluding hydrogens is 228 g/mol. The molecule has 1 unspecified atom stereocenters. The highest BCUT2D eigenvalue weighted by Gasteiger charge is 2.32. The molecule has 0 spiro atoms. The zero-order valence-electron chi connectivity index (χ0n) is 9.26. The van der Waals surface area contributed by atoms with E-state index in [1.165, 1.54) is 6.92 Å². The second-order valence-electron chi connectivity index (χ2n) is 3.50. The Labute approximate surface area is 96.9 Å². The number of ether oxygens (including phenoxy) is 2. The molecule has 9 nitrogen and oxygen atoms in total. The van der Waals surface area contributed by atoms with E-state index in [-0.39, 0.29) is 12.6 Å². The Morgan fingerprint density at radius 2 is 2.24 bits per heavy atom. The minimum atomic E-state index is -0.906. The molecule has 1 saturated heterocycles. The number of carbonyl (C=O) groups excluding carboxylic acids is 1. The molecule has 1 rings (SSSR count). The average molecular weight is 240 g/mol. The first-order valence-electron chi connectivity index (χ1n) is 5.05. The Kier molecular flexibility index (Phi) is 5.09. The minimum absolute atomic E-state index is 0.164. The fourth-order valence-electron chi connectivity index (χ4n) is 1.55. The summed E-state index contributed by atoms with van der Waals surface area (Å²) >= 11 is 0. The Hall–Kier alpha value is -1.95. The minimum Gasteiger partial charge on any atom is -0.435 e. The van der Waals surface area contributed by atoms with E-state index in [0.29, 0.717) is 12.8 Å². The van der Waals surface area contributed by atoms with Crippen molar-refractivity contribution in [3.63, 3.8) is 0 Å². The van der Waals surface area contributed by atoms with Gasteiger partial charge in [-0.15, -0.1) is 0 Å². The first-order chi connectivity index (χ1) is 8.17. The van der Waals surface area contributed by atoms with Crippen LogP contribution in [0, 0.1) is 0 Å². The molecule has 1 heterocycles. The summed E-state index contributed by atoms with van der Waals surface area (Å²) in [5.74, 6) is -0.516. The molecular formula is C8H12N6O3. The third kappa shape index (κ3) is 4.20. The Balaban J connectivity index is 2.64. The van der Waals surface area contributed by atoms with Gasteiger partial charge in [-0.2, -0.15) is 0 Å². The molecule has 0 aliphatic carbocycles. The largest absolute Gasteiger partial charge is 0.435 e.